The van der Waals surface area contributed by atoms with Gasteiger partial charge in [-0.25, -0.2) is 0 Å². The zero-order valence-corrected chi connectivity index (χ0v) is 15.4. The number of benzene rings is 2. The molecule has 0 aromatic heterocycles. The first-order valence-electron chi connectivity index (χ1n) is 7.90. The SMILES string of the molecule is CS(=O)c1ccc(C2C=C(c3cc(Cl)ccc3N)CCN2C=O)cc1. The number of nitrogens with zero attached hydrogens (tertiary/aromatic N) is 1. The molecule has 0 radical (unpaired) electrons. The van der Waals surface area contributed by atoms with Gasteiger partial charge in [0.15, 0.2) is 0 Å². The van der Waals surface area contributed by atoms with Crippen LogP contribution in [0.1, 0.15) is 23.6 Å². The molecular formula is C19H19ClN2O2S. The summed E-state index contributed by atoms with van der Waals surface area (Å²) in [7, 11) is -1.02. The number of hydrogen-bond donors (Lipinski definition) is 1. The highest BCUT2D eigenvalue weighted by Gasteiger charge is 2.24. The van der Waals surface area contributed by atoms with E-state index in [1.165, 1.54) is 0 Å². The molecule has 130 valence electrons. The van der Waals surface area contributed by atoms with Crippen molar-refractivity contribution in [3.8, 4) is 0 Å². The van der Waals surface area contributed by atoms with E-state index >= 15 is 0 Å². The molecular weight excluding hydrogens is 356 g/mol. The maximum absolute atomic E-state index is 11.6. The summed E-state index contributed by atoms with van der Waals surface area (Å²) >= 11 is 6.11. The van der Waals surface area contributed by atoms with E-state index < -0.39 is 10.8 Å². The van der Waals surface area contributed by atoms with Gasteiger partial charge in [-0.15, -0.1) is 0 Å². The molecule has 1 aliphatic rings. The van der Waals surface area contributed by atoms with Crippen molar-refractivity contribution in [2.24, 2.45) is 0 Å². The number of amides is 1. The van der Waals surface area contributed by atoms with Crippen LogP contribution in [0.5, 0.6) is 0 Å². The second kappa shape index (κ2) is 7.42. The lowest BCUT2D eigenvalue weighted by molar-refractivity contribution is -0.119. The molecule has 0 fully saturated rings. The summed E-state index contributed by atoms with van der Waals surface area (Å²) in [4.78, 5) is 14.0. The Balaban J connectivity index is 2.01. The minimum Gasteiger partial charge on any atom is -0.398 e. The average molecular weight is 375 g/mol. The van der Waals surface area contributed by atoms with E-state index in [9.17, 15) is 9.00 Å². The fourth-order valence-electron chi connectivity index (χ4n) is 3.05. The maximum atomic E-state index is 11.6. The van der Waals surface area contributed by atoms with E-state index in [1.54, 1.807) is 23.3 Å². The van der Waals surface area contributed by atoms with Crippen LogP contribution in [0.25, 0.3) is 5.57 Å². The number of hydrogen-bond acceptors (Lipinski definition) is 3. The molecule has 1 aliphatic heterocycles. The minimum absolute atomic E-state index is 0.182. The summed E-state index contributed by atoms with van der Waals surface area (Å²) in [5.74, 6) is 0. The van der Waals surface area contributed by atoms with Crippen molar-refractivity contribution in [2.75, 3.05) is 18.5 Å². The van der Waals surface area contributed by atoms with Crippen molar-refractivity contribution in [1.82, 2.24) is 4.90 Å². The lowest BCUT2D eigenvalue weighted by atomic mass is 9.92. The largest absolute Gasteiger partial charge is 0.398 e. The second-order valence-electron chi connectivity index (χ2n) is 5.98. The topological polar surface area (TPSA) is 63.4 Å². The molecule has 4 nitrogen and oxygen atoms in total. The van der Waals surface area contributed by atoms with Crippen LogP contribution in [-0.4, -0.2) is 28.3 Å². The van der Waals surface area contributed by atoms with Crippen molar-refractivity contribution in [1.29, 1.82) is 0 Å². The molecule has 1 heterocycles. The van der Waals surface area contributed by atoms with Crippen LogP contribution in [0.4, 0.5) is 5.69 Å². The van der Waals surface area contributed by atoms with Gasteiger partial charge in [0.2, 0.25) is 6.41 Å². The Kier molecular flexibility index (Phi) is 5.25. The van der Waals surface area contributed by atoms with Gasteiger partial charge in [-0.05, 0) is 47.9 Å². The molecule has 1 amide bonds. The van der Waals surface area contributed by atoms with E-state index in [-0.39, 0.29) is 6.04 Å². The molecule has 2 N–H and O–H groups in total. The lowest BCUT2D eigenvalue weighted by Crippen LogP contribution is -2.30. The van der Waals surface area contributed by atoms with Crippen molar-refractivity contribution >= 4 is 40.1 Å². The lowest BCUT2D eigenvalue weighted by Gasteiger charge is -2.32. The number of carbonyl (C=O) groups is 1. The molecule has 0 bridgehead atoms. The molecule has 0 spiro atoms. The van der Waals surface area contributed by atoms with Gasteiger partial charge >= 0.3 is 0 Å². The van der Waals surface area contributed by atoms with Crippen LogP contribution in [0.15, 0.2) is 53.4 Å². The Hall–Kier alpha value is -2.11. The molecule has 2 aromatic carbocycles. The maximum Gasteiger partial charge on any atom is 0.210 e. The third-order valence-corrected chi connectivity index (χ3v) is 5.58. The highest BCUT2D eigenvalue weighted by atomic mass is 35.5. The van der Waals surface area contributed by atoms with Gasteiger partial charge in [-0.1, -0.05) is 29.8 Å². The van der Waals surface area contributed by atoms with E-state index in [4.69, 9.17) is 17.3 Å². The molecule has 2 unspecified atom stereocenters. The van der Waals surface area contributed by atoms with Crippen LogP contribution in [0.3, 0.4) is 0 Å². The quantitative estimate of drug-likeness (QED) is 0.656. The number of nitrogen functional groups attached to an aromatic ring is 1. The first-order valence-corrected chi connectivity index (χ1v) is 9.83. The molecule has 2 atom stereocenters. The Bertz CT molecular complexity index is 849. The van der Waals surface area contributed by atoms with Crippen molar-refractivity contribution < 1.29 is 9.00 Å². The Morgan fingerprint density at radius 1 is 1.24 bits per heavy atom. The fraction of sp³-hybridized carbons (Fsp3) is 0.211. The van der Waals surface area contributed by atoms with Gasteiger partial charge in [0.1, 0.15) is 0 Å². The predicted molar refractivity (Wildman–Crippen MR) is 103 cm³/mol. The third-order valence-electron chi connectivity index (χ3n) is 4.41. The Morgan fingerprint density at radius 3 is 2.60 bits per heavy atom. The van der Waals surface area contributed by atoms with Crippen LogP contribution in [0, 0.1) is 0 Å². The van der Waals surface area contributed by atoms with Gasteiger partial charge in [-0.3, -0.25) is 9.00 Å². The van der Waals surface area contributed by atoms with E-state index in [2.05, 4.69) is 6.08 Å². The Labute approximate surface area is 154 Å². The van der Waals surface area contributed by atoms with Crippen molar-refractivity contribution in [3.63, 3.8) is 0 Å². The Morgan fingerprint density at radius 2 is 1.96 bits per heavy atom. The smallest absolute Gasteiger partial charge is 0.210 e. The summed E-state index contributed by atoms with van der Waals surface area (Å²) in [6, 6.07) is 12.7. The molecule has 0 saturated carbocycles. The number of anilines is 1. The number of nitrogens with two attached hydrogens (primary N) is 1. The standard InChI is InChI=1S/C19H19ClN2O2S/c1-25(24)16-5-2-13(3-6-16)19-10-14(8-9-22(19)12-23)17-11-15(20)4-7-18(17)21/h2-7,10-12,19H,8-9,21H2,1H3. The van der Waals surface area contributed by atoms with Crippen LogP contribution in [0.2, 0.25) is 5.02 Å². The van der Waals surface area contributed by atoms with Gasteiger partial charge < -0.3 is 10.6 Å². The van der Waals surface area contributed by atoms with Crippen molar-refractivity contribution in [2.45, 2.75) is 17.4 Å². The monoisotopic (exact) mass is 374 g/mol. The van der Waals surface area contributed by atoms with Gasteiger partial charge in [-0.2, -0.15) is 0 Å². The van der Waals surface area contributed by atoms with Crippen LogP contribution < -0.4 is 5.73 Å². The van der Waals surface area contributed by atoms with Crippen LogP contribution >= 0.6 is 11.6 Å². The number of rotatable bonds is 4. The molecule has 6 heteroatoms. The third kappa shape index (κ3) is 3.78. The van der Waals surface area contributed by atoms with E-state index in [0.717, 1.165) is 34.4 Å². The normalized spacial score (nSPS) is 18.6. The zero-order valence-electron chi connectivity index (χ0n) is 13.8. The highest BCUT2D eigenvalue weighted by Crippen LogP contribution is 2.35. The zero-order chi connectivity index (χ0) is 18.0. The number of carbonyl (C=O) groups excluding carboxylic acids is 1. The summed E-state index contributed by atoms with van der Waals surface area (Å²) in [5.41, 5.74) is 9.74. The summed E-state index contributed by atoms with van der Waals surface area (Å²) < 4.78 is 11.6. The van der Waals surface area contributed by atoms with Gasteiger partial charge in [0, 0.05) is 44.8 Å². The molecule has 2 aromatic rings. The first kappa shape index (κ1) is 17.7. The first-order chi connectivity index (χ1) is 12.0. The predicted octanol–water partition coefficient (Wildman–Crippen LogP) is 3.65. The summed E-state index contributed by atoms with van der Waals surface area (Å²) in [5, 5.41) is 0.634. The van der Waals surface area contributed by atoms with Gasteiger partial charge in [0.05, 0.1) is 6.04 Å². The number of halogens is 1. The van der Waals surface area contributed by atoms with Crippen molar-refractivity contribution in [3.05, 3.63) is 64.7 Å². The summed E-state index contributed by atoms with van der Waals surface area (Å²) in [6.07, 6.45) is 5.28. The minimum atomic E-state index is -1.02. The highest BCUT2D eigenvalue weighted by molar-refractivity contribution is 7.84. The van der Waals surface area contributed by atoms with E-state index in [1.807, 2.05) is 30.3 Å². The molecule has 0 saturated heterocycles. The molecule has 0 aliphatic carbocycles. The van der Waals surface area contributed by atoms with Crippen LogP contribution in [-0.2, 0) is 15.6 Å². The fourth-order valence-corrected chi connectivity index (χ4v) is 3.74. The summed E-state index contributed by atoms with van der Waals surface area (Å²) in [6.45, 7) is 0.605. The molecule has 25 heavy (non-hydrogen) atoms. The molecule has 3 rings (SSSR count). The second-order valence-corrected chi connectivity index (χ2v) is 7.80. The van der Waals surface area contributed by atoms with E-state index in [0.29, 0.717) is 17.3 Å². The average Bonchev–Trinajstić information content (AvgIpc) is 2.63. The van der Waals surface area contributed by atoms with Gasteiger partial charge in [0.25, 0.3) is 0 Å².